The van der Waals surface area contributed by atoms with E-state index < -0.39 is 11.7 Å². The third-order valence-electron chi connectivity index (χ3n) is 5.92. The predicted octanol–water partition coefficient (Wildman–Crippen LogP) is 4.72. The summed E-state index contributed by atoms with van der Waals surface area (Å²) in [6.45, 7) is 2.04. The molecule has 10 heteroatoms. The highest BCUT2D eigenvalue weighted by Gasteiger charge is 2.31. The Morgan fingerprint density at radius 1 is 1.33 bits per heavy atom. The Morgan fingerprint density at radius 2 is 2.12 bits per heavy atom. The first-order valence-electron chi connectivity index (χ1n) is 10.9. The van der Waals surface area contributed by atoms with Crippen LogP contribution >= 0.6 is 23.5 Å². The maximum Gasteiger partial charge on any atom is 0.271 e. The van der Waals surface area contributed by atoms with E-state index in [4.69, 9.17) is 16.3 Å². The lowest BCUT2D eigenvalue weighted by Crippen LogP contribution is -2.40. The number of halogens is 2. The zero-order chi connectivity index (χ0) is 23.5. The summed E-state index contributed by atoms with van der Waals surface area (Å²) < 4.78 is 21.6. The zero-order valence-corrected chi connectivity index (χ0v) is 19.8. The van der Waals surface area contributed by atoms with E-state index in [1.165, 1.54) is 12.1 Å². The Bertz CT molecular complexity index is 1020. The summed E-state index contributed by atoms with van der Waals surface area (Å²) in [6.07, 6.45) is 5.11. The molecule has 1 saturated heterocycles. The van der Waals surface area contributed by atoms with Gasteiger partial charge in [0.15, 0.2) is 0 Å². The topological polar surface area (TPSA) is 85.3 Å². The van der Waals surface area contributed by atoms with Gasteiger partial charge in [0.05, 0.1) is 5.56 Å². The maximum atomic E-state index is 14.8. The number of piperidine rings is 1. The molecule has 7 nitrogen and oxygen atoms in total. The molecule has 0 bridgehead atoms. The number of phenols is 1. The number of carbonyl (C=O) groups is 1. The molecule has 0 spiro atoms. The Hall–Kier alpha value is -2.04. The molecule has 3 N–H and O–H groups in total. The minimum absolute atomic E-state index is 0.126. The van der Waals surface area contributed by atoms with Gasteiger partial charge in [0.2, 0.25) is 0 Å². The molecule has 2 fully saturated rings. The van der Waals surface area contributed by atoms with Gasteiger partial charge in [-0.05, 0) is 84.5 Å². The molecule has 0 radical (unpaired) electrons. The van der Waals surface area contributed by atoms with E-state index in [2.05, 4.69) is 10.3 Å². The fourth-order valence-electron chi connectivity index (χ4n) is 4.11. The van der Waals surface area contributed by atoms with Crippen molar-refractivity contribution in [2.75, 3.05) is 19.3 Å². The first-order valence-corrected chi connectivity index (χ1v) is 12.4. The van der Waals surface area contributed by atoms with Crippen molar-refractivity contribution >= 4 is 29.5 Å². The maximum absolute atomic E-state index is 14.8. The average molecular weight is 496 g/mol. The number of nitrogens with one attached hydrogen (secondary N) is 1. The third-order valence-corrected chi connectivity index (χ3v) is 6.60. The summed E-state index contributed by atoms with van der Waals surface area (Å²) in [7, 11) is 0. The van der Waals surface area contributed by atoms with Gasteiger partial charge in [0, 0.05) is 36.0 Å². The van der Waals surface area contributed by atoms with Crippen molar-refractivity contribution in [3.05, 3.63) is 57.9 Å². The summed E-state index contributed by atoms with van der Waals surface area (Å²) in [5.74, 6) is -0.506. The third kappa shape index (κ3) is 6.10. The fraction of sp³-hybridized carbons (Fsp3) is 0.435. The molecule has 1 aliphatic carbocycles. The van der Waals surface area contributed by atoms with Crippen LogP contribution in [0, 0.1) is 5.82 Å². The number of phenolic OH excluding ortho intramolecular Hbond substituents is 1. The van der Waals surface area contributed by atoms with Crippen molar-refractivity contribution in [1.82, 2.24) is 14.9 Å². The molecule has 2 aliphatic rings. The number of likely N-dealkylation sites (tertiary alicyclic amines) is 1. The van der Waals surface area contributed by atoms with Crippen LogP contribution in [0.1, 0.15) is 53.1 Å². The highest BCUT2D eigenvalue weighted by atomic mass is 35.5. The van der Waals surface area contributed by atoms with Gasteiger partial charge in [-0.2, -0.15) is 0 Å². The molecule has 1 amide bonds. The first-order chi connectivity index (χ1) is 15.8. The van der Waals surface area contributed by atoms with E-state index in [9.17, 15) is 19.5 Å². The molecular weight excluding hydrogens is 469 g/mol. The summed E-state index contributed by atoms with van der Waals surface area (Å²) in [4.78, 5) is 14.5. The van der Waals surface area contributed by atoms with E-state index in [0.717, 1.165) is 55.3 Å². The lowest BCUT2D eigenvalue weighted by Gasteiger charge is -2.33. The van der Waals surface area contributed by atoms with Crippen LogP contribution in [-0.4, -0.2) is 51.1 Å². The van der Waals surface area contributed by atoms with Gasteiger partial charge < -0.3 is 9.84 Å². The molecule has 1 heterocycles. The zero-order valence-electron chi connectivity index (χ0n) is 18.3. The van der Waals surface area contributed by atoms with Gasteiger partial charge in [-0.1, -0.05) is 11.6 Å². The average Bonchev–Trinajstić information content (AvgIpc) is 3.62. The molecule has 1 unspecified atom stereocenters. The normalized spacial score (nSPS) is 19.0. The number of nitrogens with zero attached hydrogens (tertiary/aromatic N) is 2. The molecule has 0 aromatic heterocycles. The van der Waals surface area contributed by atoms with Crippen LogP contribution in [0.4, 0.5) is 4.39 Å². The van der Waals surface area contributed by atoms with E-state index in [-0.39, 0.29) is 23.3 Å². The lowest BCUT2D eigenvalue weighted by atomic mass is 10.0. The molecule has 1 atom stereocenters. The number of rotatable bonds is 8. The Morgan fingerprint density at radius 3 is 2.85 bits per heavy atom. The van der Waals surface area contributed by atoms with Crippen molar-refractivity contribution < 1.29 is 24.2 Å². The fourth-order valence-corrected chi connectivity index (χ4v) is 4.48. The summed E-state index contributed by atoms with van der Waals surface area (Å²) in [6, 6.07) is 7.82. The summed E-state index contributed by atoms with van der Waals surface area (Å²) in [5, 5.41) is 20.2. The van der Waals surface area contributed by atoms with Gasteiger partial charge in [-0.3, -0.25) is 20.3 Å². The SMILES string of the molecule is CSN(O)NC(=O)c1cc(C2CC2)c(OC2CCCN(Cc3cc(Cl)ccc3O)C2)cc1F. The summed E-state index contributed by atoms with van der Waals surface area (Å²) in [5.41, 5.74) is 3.66. The molecular formula is C23H27ClFN3O4S. The van der Waals surface area contributed by atoms with E-state index in [1.807, 2.05) is 0 Å². The van der Waals surface area contributed by atoms with Crippen molar-refractivity contribution in [3.63, 3.8) is 0 Å². The quantitative estimate of drug-likeness (QED) is 0.361. The Labute approximate surface area is 201 Å². The van der Waals surface area contributed by atoms with Gasteiger partial charge in [-0.25, -0.2) is 4.39 Å². The smallest absolute Gasteiger partial charge is 0.271 e. The van der Waals surface area contributed by atoms with Gasteiger partial charge in [0.25, 0.3) is 5.91 Å². The molecule has 2 aromatic rings. The number of hydrogen-bond donors (Lipinski definition) is 3. The van der Waals surface area contributed by atoms with Gasteiger partial charge in [-0.15, -0.1) is 0 Å². The molecule has 2 aromatic carbocycles. The highest BCUT2D eigenvalue weighted by Crippen LogP contribution is 2.45. The highest BCUT2D eigenvalue weighted by molar-refractivity contribution is 7.96. The molecule has 1 aliphatic heterocycles. The molecule has 4 rings (SSSR count). The predicted molar refractivity (Wildman–Crippen MR) is 125 cm³/mol. The van der Waals surface area contributed by atoms with Crippen molar-refractivity contribution in [3.8, 4) is 11.5 Å². The van der Waals surface area contributed by atoms with Crippen molar-refractivity contribution in [2.45, 2.75) is 44.2 Å². The number of aromatic hydroxyl groups is 1. The summed E-state index contributed by atoms with van der Waals surface area (Å²) >= 11 is 6.96. The van der Waals surface area contributed by atoms with Crippen LogP contribution in [0.3, 0.4) is 0 Å². The van der Waals surface area contributed by atoms with Gasteiger partial charge in [0.1, 0.15) is 23.4 Å². The number of ether oxygens (including phenoxy) is 1. The molecule has 1 saturated carbocycles. The lowest BCUT2D eigenvalue weighted by molar-refractivity contribution is -0.0242. The molecule has 178 valence electrons. The molecule has 33 heavy (non-hydrogen) atoms. The Kier molecular flexibility index (Phi) is 7.65. The minimum atomic E-state index is -0.719. The van der Waals surface area contributed by atoms with Crippen LogP contribution in [-0.2, 0) is 6.54 Å². The van der Waals surface area contributed by atoms with Crippen LogP contribution < -0.4 is 10.2 Å². The van der Waals surface area contributed by atoms with Crippen LogP contribution in [0.25, 0.3) is 0 Å². The minimum Gasteiger partial charge on any atom is -0.508 e. The number of hydrazine groups is 1. The largest absolute Gasteiger partial charge is 0.508 e. The number of amides is 1. The van der Waals surface area contributed by atoms with E-state index in [1.54, 1.807) is 24.5 Å². The van der Waals surface area contributed by atoms with E-state index >= 15 is 0 Å². The standard InChI is InChI=1S/C23H27ClFN3O4S/c1-33-28(31)26-23(30)19-10-18(14-4-5-14)22(11-20(19)25)32-17-3-2-8-27(13-17)12-15-9-16(24)6-7-21(15)29/h6-7,9-11,14,17,29,31H,2-5,8,12-13H2,1H3,(H,26,30). The second-order valence-electron chi connectivity index (χ2n) is 8.43. The van der Waals surface area contributed by atoms with E-state index in [0.29, 0.717) is 28.4 Å². The van der Waals surface area contributed by atoms with Crippen LogP contribution in [0.5, 0.6) is 11.5 Å². The van der Waals surface area contributed by atoms with Crippen LogP contribution in [0.2, 0.25) is 5.02 Å². The second kappa shape index (κ2) is 10.5. The number of benzene rings is 2. The van der Waals surface area contributed by atoms with Gasteiger partial charge >= 0.3 is 0 Å². The van der Waals surface area contributed by atoms with Crippen molar-refractivity contribution in [2.24, 2.45) is 0 Å². The number of hydrogen-bond acceptors (Lipinski definition) is 7. The monoisotopic (exact) mass is 495 g/mol. The van der Waals surface area contributed by atoms with Crippen LogP contribution in [0.15, 0.2) is 30.3 Å². The first kappa shape index (κ1) is 24.1. The Balaban J connectivity index is 1.48. The van der Waals surface area contributed by atoms with Crippen molar-refractivity contribution in [1.29, 1.82) is 0 Å². The second-order valence-corrected chi connectivity index (χ2v) is 9.58. The number of carbonyl (C=O) groups excluding carboxylic acids is 1.